The molecule has 0 fully saturated rings. The molecule has 1 unspecified atom stereocenters. The van der Waals surface area contributed by atoms with Gasteiger partial charge in [0.2, 0.25) is 0 Å². The van der Waals surface area contributed by atoms with Crippen molar-refractivity contribution in [3.8, 4) is 0 Å². The smallest absolute Gasteiger partial charge is 0.290 e. The highest BCUT2D eigenvalue weighted by atomic mass is 32.1. The highest BCUT2D eigenvalue weighted by Gasteiger charge is 2.46. The van der Waals surface area contributed by atoms with Gasteiger partial charge in [0, 0.05) is 10.3 Å². The molecule has 1 aliphatic heterocycles. The van der Waals surface area contributed by atoms with Crippen LogP contribution >= 0.6 is 11.3 Å². The number of aryl methyl sites for hydroxylation is 1. The summed E-state index contributed by atoms with van der Waals surface area (Å²) in [5, 5.41) is 12.5. The van der Waals surface area contributed by atoms with Crippen LogP contribution in [0.4, 0.5) is 0 Å². The summed E-state index contributed by atoms with van der Waals surface area (Å²) >= 11 is 1.55. The van der Waals surface area contributed by atoms with Gasteiger partial charge in [-0.1, -0.05) is 51.1 Å². The highest BCUT2D eigenvalue weighted by Crippen LogP contribution is 2.42. The minimum absolute atomic E-state index is 0.202. The zero-order valence-electron chi connectivity index (χ0n) is 15.4. The van der Waals surface area contributed by atoms with Crippen LogP contribution in [0.2, 0.25) is 0 Å². The number of ketones is 1. The average molecular weight is 369 g/mol. The molecule has 1 aromatic carbocycles. The van der Waals surface area contributed by atoms with Gasteiger partial charge < -0.3 is 10.0 Å². The van der Waals surface area contributed by atoms with Crippen LogP contribution in [0.5, 0.6) is 0 Å². The number of benzene rings is 1. The standard InChI is InChI=1S/C21H23NO3S/c1-13-8-5-6-10-15(13)17-16(19(24)21(2,3)4)18(23)20(25)22(17)12-14-9-7-11-26-14/h5-11,17,23H,12H2,1-4H3. The first-order valence-corrected chi connectivity index (χ1v) is 9.46. The van der Waals surface area contributed by atoms with Crippen LogP contribution in [0.15, 0.2) is 53.1 Å². The largest absolute Gasteiger partial charge is 0.503 e. The molecule has 1 aliphatic rings. The number of aliphatic hydroxyl groups is 1. The quantitative estimate of drug-likeness (QED) is 0.859. The number of rotatable bonds is 4. The summed E-state index contributed by atoms with van der Waals surface area (Å²) in [6, 6.07) is 11.0. The predicted octanol–water partition coefficient (Wildman–Crippen LogP) is 4.57. The van der Waals surface area contributed by atoms with E-state index in [-0.39, 0.29) is 11.4 Å². The third-order valence-electron chi connectivity index (χ3n) is 4.62. The first-order chi connectivity index (χ1) is 12.2. The van der Waals surface area contributed by atoms with E-state index >= 15 is 0 Å². The van der Waals surface area contributed by atoms with Crippen molar-refractivity contribution in [3.05, 3.63) is 69.1 Å². The molecule has 0 saturated carbocycles. The summed E-state index contributed by atoms with van der Waals surface area (Å²) in [5.74, 6) is -1.11. The predicted molar refractivity (Wildman–Crippen MR) is 103 cm³/mol. The van der Waals surface area contributed by atoms with E-state index in [4.69, 9.17) is 0 Å². The van der Waals surface area contributed by atoms with Crippen LogP contribution < -0.4 is 0 Å². The number of carbonyl (C=O) groups excluding carboxylic acids is 2. The Labute approximate surface area is 157 Å². The van der Waals surface area contributed by atoms with Gasteiger partial charge in [0.05, 0.1) is 18.2 Å². The van der Waals surface area contributed by atoms with Crippen LogP contribution in [0.3, 0.4) is 0 Å². The number of amides is 1. The maximum atomic E-state index is 13.1. The summed E-state index contributed by atoms with van der Waals surface area (Å²) in [6.45, 7) is 7.73. The van der Waals surface area contributed by atoms with Crippen molar-refractivity contribution >= 4 is 23.0 Å². The summed E-state index contributed by atoms with van der Waals surface area (Å²) in [5.41, 5.74) is 1.36. The monoisotopic (exact) mass is 369 g/mol. The highest BCUT2D eigenvalue weighted by molar-refractivity contribution is 7.09. The molecule has 0 spiro atoms. The summed E-state index contributed by atoms with van der Waals surface area (Å²) in [7, 11) is 0. The van der Waals surface area contributed by atoms with Gasteiger partial charge in [0.25, 0.3) is 5.91 Å². The SMILES string of the molecule is Cc1ccccc1C1C(C(=O)C(C)(C)C)=C(O)C(=O)N1Cc1cccs1. The Balaban J connectivity index is 2.13. The van der Waals surface area contributed by atoms with Crippen molar-refractivity contribution in [2.75, 3.05) is 0 Å². The maximum absolute atomic E-state index is 13.1. The Bertz CT molecular complexity index is 875. The van der Waals surface area contributed by atoms with Gasteiger partial charge in [-0.2, -0.15) is 0 Å². The van der Waals surface area contributed by atoms with Gasteiger partial charge in [-0.15, -0.1) is 11.3 Å². The Morgan fingerprint density at radius 1 is 1.19 bits per heavy atom. The number of aliphatic hydroxyl groups excluding tert-OH is 1. The lowest BCUT2D eigenvalue weighted by Gasteiger charge is -2.29. The van der Waals surface area contributed by atoms with Crippen molar-refractivity contribution in [1.29, 1.82) is 0 Å². The molecule has 1 N–H and O–H groups in total. The topological polar surface area (TPSA) is 57.6 Å². The molecule has 4 nitrogen and oxygen atoms in total. The normalized spacial score (nSPS) is 17.9. The van der Waals surface area contributed by atoms with E-state index in [2.05, 4.69) is 0 Å². The summed E-state index contributed by atoms with van der Waals surface area (Å²) in [6.07, 6.45) is 0. The third kappa shape index (κ3) is 3.19. The first-order valence-electron chi connectivity index (χ1n) is 8.58. The molecular formula is C21H23NO3S. The molecule has 2 aromatic rings. The van der Waals surface area contributed by atoms with E-state index in [0.717, 1.165) is 16.0 Å². The fourth-order valence-corrected chi connectivity index (χ4v) is 3.94. The Morgan fingerprint density at radius 2 is 1.88 bits per heavy atom. The van der Waals surface area contributed by atoms with E-state index in [9.17, 15) is 14.7 Å². The molecule has 3 rings (SSSR count). The van der Waals surface area contributed by atoms with E-state index < -0.39 is 23.1 Å². The fraction of sp³-hybridized carbons (Fsp3) is 0.333. The molecule has 1 atom stereocenters. The second kappa shape index (κ2) is 6.72. The molecule has 2 heterocycles. The average Bonchev–Trinajstić information content (AvgIpc) is 3.16. The van der Waals surface area contributed by atoms with Crippen LogP contribution in [-0.4, -0.2) is 21.7 Å². The zero-order chi connectivity index (χ0) is 19.1. The maximum Gasteiger partial charge on any atom is 0.290 e. The molecule has 136 valence electrons. The lowest BCUT2D eigenvalue weighted by molar-refractivity contribution is -0.130. The molecule has 1 amide bonds. The van der Waals surface area contributed by atoms with Crippen LogP contribution in [0, 0.1) is 12.3 Å². The zero-order valence-corrected chi connectivity index (χ0v) is 16.3. The number of carbonyl (C=O) groups is 2. The number of thiophene rings is 1. The van der Waals surface area contributed by atoms with Crippen molar-refractivity contribution in [2.24, 2.45) is 5.41 Å². The van der Waals surface area contributed by atoms with E-state index in [1.165, 1.54) is 0 Å². The van der Waals surface area contributed by atoms with Crippen molar-refractivity contribution in [2.45, 2.75) is 40.3 Å². The Morgan fingerprint density at radius 3 is 2.46 bits per heavy atom. The molecule has 0 radical (unpaired) electrons. The van der Waals surface area contributed by atoms with Crippen LogP contribution in [0.25, 0.3) is 0 Å². The Hall–Kier alpha value is -2.40. The third-order valence-corrected chi connectivity index (χ3v) is 5.48. The first kappa shape index (κ1) is 18.4. The summed E-state index contributed by atoms with van der Waals surface area (Å²) < 4.78 is 0. The number of hydrogen-bond acceptors (Lipinski definition) is 4. The van der Waals surface area contributed by atoms with Crippen molar-refractivity contribution in [1.82, 2.24) is 4.90 Å². The molecule has 5 heteroatoms. The van der Waals surface area contributed by atoms with Crippen LogP contribution in [0.1, 0.15) is 42.8 Å². The lowest BCUT2D eigenvalue weighted by atomic mass is 9.81. The van der Waals surface area contributed by atoms with Gasteiger partial charge in [-0.25, -0.2) is 0 Å². The second-order valence-corrected chi connectivity index (χ2v) is 8.65. The number of hydrogen-bond donors (Lipinski definition) is 1. The van der Waals surface area contributed by atoms with E-state index in [1.54, 1.807) is 37.0 Å². The van der Waals surface area contributed by atoms with Gasteiger partial charge in [0.15, 0.2) is 11.5 Å². The Kier molecular flexibility index (Phi) is 4.76. The molecule has 1 aromatic heterocycles. The second-order valence-electron chi connectivity index (χ2n) is 7.61. The molecule has 26 heavy (non-hydrogen) atoms. The van der Waals surface area contributed by atoms with E-state index in [1.807, 2.05) is 48.7 Å². The summed E-state index contributed by atoms with van der Waals surface area (Å²) in [4.78, 5) is 28.5. The van der Waals surface area contributed by atoms with E-state index in [0.29, 0.717) is 6.54 Å². The molecule has 0 aliphatic carbocycles. The molecule has 0 bridgehead atoms. The molecule has 0 saturated heterocycles. The van der Waals surface area contributed by atoms with Crippen molar-refractivity contribution < 1.29 is 14.7 Å². The van der Waals surface area contributed by atoms with Crippen LogP contribution in [-0.2, 0) is 16.1 Å². The van der Waals surface area contributed by atoms with Crippen molar-refractivity contribution in [3.63, 3.8) is 0 Å². The lowest BCUT2D eigenvalue weighted by Crippen LogP contribution is -2.32. The van der Waals surface area contributed by atoms with Gasteiger partial charge in [-0.3, -0.25) is 9.59 Å². The minimum atomic E-state index is -0.691. The van der Waals surface area contributed by atoms with Gasteiger partial charge in [0.1, 0.15) is 0 Å². The van der Waals surface area contributed by atoms with Gasteiger partial charge >= 0.3 is 0 Å². The number of Topliss-reactive ketones (excluding diaryl/α,β-unsaturated/α-hetero) is 1. The van der Waals surface area contributed by atoms with Gasteiger partial charge in [-0.05, 0) is 29.5 Å². The fourth-order valence-electron chi connectivity index (χ4n) is 3.24. The molecular weight excluding hydrogens is 346 g/mol. The number of nitrogens with zero attached hydrogens (tertiary/aromatic N) is 1. The minimum Gasteiger partial charge on any atom is -0.503 e.